The Morgan fingerprint density at radius 2 is 2.05 bits per heavy atom. The van der Waals surface area contributed by atoms with E-state index in [1.807, 2.05) is 13.8 Å². The highest BCUT2D eigenvalue weighted by molar-refractivity contribution is 7.89. The molecule has 0 aliphatic heterocycles. The molecule has 21 heavy (non-hydrogen) atoms. The Balaban J connectivity index is 2.23. The lowest BCUT2D eigenvalue weighted by Gasteiger charge is -2.25. The van der Waals surface area contributed by atoms with Gasteiger partial charge in [0.15, 0.2) is 0 Å². The molecule has 0 bridgehead atoms. The second kappa shape index (κ2) is 5.61. The van der Waals surface area contributed by atoms with Crippen LogP contribution in [0.4, 0.5) is 0 Å². The molecule has 1 fully saturated rings. The van der Waals surface area contributed by atoms with Crippen LogP contribution >= 0.6 is 0 Å². The maximum Gasteiger partial charge on any atom is 0.328 e. The van der Waals surface area contributed by atoms with Gasteiger partial charge in [-0.25, -0.2) is 17.9 Å². The Morgan fingerprint density at radius 1 is 1.38 bits per heavy atom. The van der Waals surface area contributed by atoms with E-state index in [0.717, 1.165) is 18.9 Å². The molecule has 0 radical (unpaired) electrons. The highest BCUT2D eigenvalue weighted by Gasteiger charge is 2.40. The first kappa shape index (κ1) is 15.7. The lowest BCUT2D eigenvalue weighted by molar-refractivity contribution is -0.131. The van der Waals surface area contributed by atoms with Crippen molar-refractivity contribution in [2.75, 3.05) is 0 Å². The zero-order chi connectivity index (χ0) is 15.7. The van der Waals surface area contributed by atoms with Crippen LogP contribution in [0.1, 0.15) is 32.3 Å². The zero-order valence-corrected chi connectivity index (χ0v) is 12.9. The highest BCUT2D eigenvalue weighted by Crippen LogP contribution is 2.39. The number of carboxylic acids is 1. The number of nitrogens with one attached hydrogen (secondary N) is 1. The predicted molar refractivity (Wildman–Crippen MR) is 80.2 cm³/mol. The quantitative estimate of drug-likeness (QED) is 0.789. The summed E-state index contributed by atoms with van der Waals surface area (Å²) in [4.78, 5) is 10.6. The third-order valence-electron chi connectivity index (χ3n) is 3.58. The molecular formula is C15H19NO4S. The second-order valence-corrected chi connectivity index (χ2v) is 7.53. The van der Waals surface area contributed by atoms with Crippen LogP contribution in [0.25, 0.3) is 6.08 Å². The van der Waals surface area contributed by atoms with Crippen LogP contribution in [0, 0.1) is 5.92 Å². The van der Waals surface area contributed by atoms with Crippen molar-refractivity contribution in [1.82, 2.24) is 4.72 Å². The third-order valence-corrected chi connectivity index (χ3v) is 5.25. The summed E-state index contributed by atoms with van der Waals surface area (Å²) in [6.45, 7) is 3.77. The number of rotatable bonds is 6. The van der Waals surface area contributed by atoms with Gasteiger partial charge in [0, 0.05) is 11.6 Å². The van der Waals surface area contributed by atoms with E-state index in [4.69, 9.17) is 5.11 Å². The van der Waals surface area contributed by atoms with Crippen LogP contribution in [0.5, 0.6) is 0 Å². The average molecular weight is 309 g/mol. The molecule has 0 amide bonds. The molecule has 1 aromatic carbocycles. The summed E-state index contributed by atoms with van der Waals surface area (Å²) in [6.07, 6.45) is 4.43. The molecule has 114 valence electrons. The predicted octanol–water partition coefficient (Wildman–Crippen LogP) is 2.25. The van der Waals surface area contributed by atoms with Crippen LogP contribution in [0.3, 0.4) is 0 Å². The normalized spacial score (nSPS) is 16.3. The highest BCUT2D eigenvalue weighted by atomic mass is 32.2. The molecule has 2 rings (SSSR count). The van der Waals surface area contributed by atoms with Crippen molar-refractivity contribution in [3.8, 4) is 0 Å². The summed E-state index contributed by atoms with van der Waals surface area (Å²) in [5.41, 5.74) is 0.0654. The maximum absolute atomic E-state index is 12.4. The molecule has 6 heteroatoms. The fraction of sp³-hybridized carbons (Fsp3) is 0.400. The van der Waals surface area contributed by atoms with Crippen molar-refractivity contribution in [2.24, 2.45) is 5.92 Å². The SMILES string of the molecule is CC(C)(NS(=O)(=O)c1cccc(/C=C/C(=O)O)c1)C1CC1. The summed E-state index contributed by atoms with van der Waals surface area (Å²) in [6, 6.07) is 6.22. The summed E-state index contributed by atoms with van der Waals surface area (Å²) < 4.78 is 27.6. The Labute approximate surface area is 124 Å². The number of benzene rings is 1. The topological polar surface area (TPSA) is 83.5 Å². The van der Waals surface area contributed by atoms with Gasteiger partial charge in [-0.2, -0.15) is 0 Å². The summed E-state index contributed by atoms with van der Waals surface area (Å²) in [5, 5.41) is 8.61. The minimum Gasteiger partial charge on any atom is -0.478 e. The second-order valence-electron chi connectivity index (χ2n) is 5.85. The minimum atomic E-state index is -3.62. The first-order chi connectivity index (χ1) is 9.71. The van der Waals surface area contributed by atoms with Crippen molar-refractivity contribution in [3.63, 3.8) is 0 Å². The van der Waals surface area contributed by atoms with Crippen LogP contribution < -0.4 is 4.72 Å². The van der Waals surface area contributed by atoms with Gasteiger partial charge >= 0.3 is 5.97 Å². The largest absolute Gasteiger partial charge is 0.478 e. The maximum atomic E-state index is 12.4. The van der Waals surface area contributed by atoms with Gasteiger partial charge in [-0.15, -0.1) is 0 Å². The van der Waals surface area contributed by atoms with Gasteiger partial charge in [-0.3, -0.25) is 0 Å². The van der Waals surface area contributed by atoms with Crippen LogP contribution in [0.15, 0.2) is 35.2 Å². The summed E-state index contributed by atoms with van der Waals surface area (Å²) in [7, 11) is -3.62. The number of hydrogen-bond donors (Lipinski definition) is 2. The Hall–Kier alpha value is -1.66. The standard InChI is InChI=1S/C15H19NO4S/c1-15(2,12-7-8-12)16-21(19,20)13-5-3-4-11(10-13)6-9-14(17)18/h3-6,9-10,12,16H,7-8H2,1-2H3,(H,17,18)/b9-6+. The molecule has 1 aliphatic carbocycles. The van der Waals surface area contributed by atoms with Gasteiger partial charge in [0.2, 0.25) is 10.0 Å². The molecule has 2 N–H and O–H groups in total. The lowest BCUT2D eigenvalue weighted by Crippen LogP contribution is -2.45. The van der Waals surface area contributed by atoms with E-state index in [1.165, 1.54) is 18.2 Å². The molecule has 0 saturated heterocycles. The molecule has 0 heterocycles. The third kappa shape index (κ3) is 4.15. The number of aliphatic carboxylic acids is 1. The lowest BCUT2D eigenvalue weighted by atomic mass is 10.0. The molecule has 0 spiro atoms. The van der Waals surface area contributed by atoms with Gasteiger partial charge in [-0.05, 0) is 56.4 Å². The van der Waals surface area contributed by atoms with E-state index in [0.29, 0.717) is 11.5 Å². The van der Waals surface area contributed by atoms with E-state index in [1.54, 1.807) is 12.1 Å². The molecule has 1 aliphatic rings. The molecule has 1 saturated carbocycles. The molecule has 0 atom stereocenters. The summed E-state index contributed by atoms with van der Waals surface area (Å²) >= 11 is 0. The van der Waals surface area contributed by atoms with E-state index in [2.05, 4.69) is 4.72 Å². The van der Waals surface area contributed by atoms with Crippen LogP contribution in [0.2, 0.25) is 0 Å². The van der Waals surface area contributed by atoms with E-state index >= 15 is 0 Å². The smallest absolute Gasteiger partial charge is 0.328 e. The molecule has 5 nitrogen and oxygen atoms in total. The Morgan fingerprint density at radius 3 is 2.62 bits per heavy atom. The number of carboxylic acid groups (broad SMARTS) is 1. The number of carbonyl (C=O) groups is 1. The average Bonchev–Trinajstić information content (AvgIpc) is 3.20. The number of hydrogen-bond acceptors (Lipinski definition) is 3. The first-order valence-electron chi connectivity index (χ1n) is 6.76. The summed E-state index contributed by atoms with van der Waals surface area (Å²) in [5.74, 6) is -0.696. The van der Waals surface area contributed by atoms with Crippen molar-refractivity contribution < 1.29 is 18.3 Å². The minimum absolute atomic E-state index is 0.142. The van der Waals surface area contributed by atoms with Gasteiger partial charge in [0.25, 0.3) is 0 Å². The number of sulfonamides is 1. The van der Waals surface area contributed by atoms with Crippen molar-refractivity contribution in [3.05, 3.63) is 35.9 Å². The first-order valence-corrected chi connectivity index (χ1v) is 8.24. The molecule has 1 aromatic rings. The van der Waals surface area contributed by atoms with Crippen molar-refractivity contribution >= 4 is 22.1 Å². The fourth-order valence-electron chi connectivity index (χ4n) is 2.25. The monoisotopic (exact) mass is 309 g/mol. The zero-order valence-electron chi connectivity index (χ0n) is 12.0. The van der Waals surface area contributed by atoms with Crippen molar-refractivity contribution in [2.45, 2.75) is 37.1 Å². The Bertz CT molecular complexity index is 673. The van der Waals surface area contributed by atoms with Gasteiger partial charge < -0.3 is 5.11 Å². The van der Waals surface area contributed by atoms with E-state index in [9.17, 15) is 13.2 Å². The van der Waals surface area contributed by atoms with E-state index in [-0.39, 0.29) is 4.90 Å². The van der Waals surface area contributed by atoms with Crippen molar-refractivity contribution in [1.29, 1.82) is 0 Å². The van der Waals surface area contributed by atoms with Gasteiger partial charge in [-0.1, -0.05) is 12.1 Å². The van der Waals surface area contributed by atoms with E-state index < -0.39 is 21.5 Å². The van der Waals surface area contributed by atoms with Crippen LogP contribution in [-0.2, 0) is 14.8 Å². The molecule has 0 unspecified atom stereocenters. The van der Waals surface area contributed by atoms with Gasteiger partial charge in [0.1, 0.15) is 0 Å². The molecule has 0 aromatic heterocycles. The Kier molecular flexibility index (Phi) is 4.20. The fourth-order valence-corrected chi connectivity index (χ4v) is 3.77. The van der Waals surface area contributed by atoms with Crippen LogP contribution in [-0.4, -0.2) is 25.0 Å². The molecular weight excluding hydrogens is 290 g/mol. The van der Waals surface area contributed by atoms with Gasteiger partial charge in [0.05, 0.1) is 4.90 Å².